The standard InChI is InChI=1S/C22H28FN7S/c1-3-30-17(2)19(12-25-30)15-29-16-21(13-24-29)26-22(31)28-9-7-27(8-10-28)14-18-5-4-6-20(23)11-18/h4-6,11-13,16H,3,7-10,14-15H2,1-2H3,(H,26,31). The first-order chi connectivity index (χ1) is 15.0. The van der Waals surface area contributed by atoms with Crippen molar-refractivity contribution >= 4 is 23.0 Å². The Morgan fingerprint density at radius 3 is 2.65 bits per heavy atom. The fraction of sp³-hybridized carbons (Fsp3) is 0.409. The van der Waals surface area contributed by atoms with Gasteiger partial charge in [0, 0.05) is 56.7 Å². The van der Waals surface area contributed by atoms with Gasteiger partial charge in [-0.1, -0.05) is 12.1 Å². The minimum absolute atomic E-state index is 0.184. The molecule has 9 heteroatoms. The van der Waals surface area contributed by atoms with E-state index in [1.807, 2.05) is 27.8 Å². The molecular weight excluding hydrogens is 413 g/mol. The van der Waals surface area contributed by atoms with Crippen LogP contribution >= 0.6 is 12.2 Å². The number of piperazine rings is 1. The highest BCUT2D eigenvalue weighted by atomic mass is 32.1. The molecule has 1 saturated heterocycles. The average molecular weight is 442 g/mol. The van der Waals surface area contributed by atoms with Gasteiger partial charge in [-0.2, -0.15) is 10.2 Å². The van der Waals surface area contributed by atoms with Crippen LogP contribution in [0.25, 0.3) is 0 Å². The molecule has 31 heavy (non-hydrogen) atoms. The highest BCUT2D eigenvalue weighted by Gasteiger charge is 2.19. The van der Waals surface area contributed by atoms with E-state index in [2.05, 4.69) is 39.2 Å². The lowest BCUT2D eigenvalue weighted by atomic mass is 10.2. The molecule has 0 spiro atoms. The summed E-state index contributed by atoms with van der Waals surface area (Å²) in [5.41, 5.74) is 4.21. The number of hydrogen-bond acceptors (Lipinski definition) is 4. The molecule has 0 amide bonds. The van der Waals surface area contributed by atoms with E-state index < -0.39 is 0 Å². The Morgan fingerprint density at radius 1 is 1.13 bits per heavy atom. The summed E-state index contributed by atoms with van der Waals surface area (Å²) in [5, 5.41) is 12.9. The molecule has 1 fully saturated rings. The largest absolute Gasteiger partial charge is 0.346 e. The number of nitrogens with zero attached hydrogens (tertiary/aromatic N) is 6. The van der Waals surface area contributed by atoms with E-state index in [9.17, 15) is 4.39 Å². The monoisotopic (exact) mass is 441 g/mol. The molecule has 164 valence electrons. The van der Waals surface area contributed by atoms with Gasteiger partial charge in [-0.25, -0.2) is 4.39 Å². The zero-order valence-electron chi connectivity index (χ0n) is 18.0. The van der Waals surface area contributed by atoms with E-state index in [-0.39, 0.29) is 5.82 Å². The number of nitrogens with one attached hydrogen (secondary N) is 1. The zero-order chi connectivity index (χ0) is 21.8. The molecule has 0 radical (unpaired) electrons. The fourth-order valence-corrected chi connectivity index (χ4v) is 4.15. The van der Waals surface area contributed by atoms with Crippen LogP contribution in [0, 0.1) is 12.7 Å². The summed E-state index contributed by atoms with van der Waals surface area (Å²) in [5.74, 6) is -0.184. The fourth-order valence-electron chi connectivity index (χ4n) is 3.85. The summed E-state index contributed by atoms with van der Waals surface area (Å²) in [6, 6.07) is 6.81. The summed E-state index contributed by atoms with van der Waals surface area (Å²) in [4.78, 5) is 4.49. The van der Waals surface area contributed by atoms with Gasteiger partial charge < -0.3 is 10.2 Å². The van der Waals surface area contributed by atoms with Gasteiger partial charge in [0.15, 0.2) is 5.11 Å². The number of benzene rings is 1. The lowest BCUT2D eigenvalue weighted by Crippen LogP contribution is -2.49. The Labute approximate surface area is 187 Å². The van der Waals surface area contributed by atoms with Gasteiger partial charge in [-0.3, -0.25) is 14.3 Å². The van der Waals surface area contributed by atoms with Crippen LogP contribution in [0.1, 0.15) is 23.7 Å². The molecule has 0 saturated carbocycles. The Balaban J connectivity index is 1.27. The van der Waals surface area contributed by atoms with Crippen molar-refractivity contribution in [3.8, 4) is 0 Å². The second kappa shape index (κ2) is 9.57. The number of aryl methyl sites for hydroxylation is 1. The predicted octanol–water partition coefficient (Wildman–Crippen LogP) is 3.11. The molecule has 1 aliphatic rings. The number of halogens is 1. The summed E-state index contributed by atoms with van der Waals surface area (Å²) >= 11 is 5.62. The van der Waals surface area contributed by atoms with Crippen molar-refractivity contribution in [3.63, 3.8) is 0 Å². The lowest BCUT2D eigenvalue weighted by Gasteiger charge is -2.36. The van der Waals surface area contributed by atoms with E-state index in [4.69, 9.17) is 12.2 Å². The SMILES string of the molecule is CCn1ncc(Cn2cc(NC(=S)N3CCN(Cc4cccc(F)c4)CC3)cn2)c1C. The third kappa shape index (κ3) is 5.29. The third-order valence-corrected chi connectivity index (χ3v) is 6.04. The van der Waals surface area contributed by atoms with Crippen LogP contribution in [-0.2, 0) is 19.6 Å². The molecular formula is C22H28FN7S. The van der Waals surface area contributed by atoms with E-state index in [0.29, 0.717) is 11.7 Å². The topological polar surface area (TPSA) is 54.2 Å². The molecule has 0 bridgehead atoms. The Morgan fingerprint density at radius 2 is 1.94 bits per heavy atom. The molecule has 0 aliphatic carbocycles. The van der Waals surface area contributed by atoms with Crippen LogP contribution in [0.5, 0.6) is 0 Å². The van der Waals surface area contributed by atoms with Gasteiger partial charge in [0.05, 0.1) is 24.6 Å². The second-order valence-corrected chi connectivity index (χ2v) is 8.21. The van der Waals surface area contributed by atoms with E-state index >= 15 is 0 Å². The molecule has 1 aliphatic heterocycles. The zero-order valence-corrected chi connectivity index (χ0v) is 18.8. The first-order valence-corrected chi connectivity index (χ1v) is 11.0. The first-order valence-electron chi connectivity index (χ1n) is 10.6. The molecule has 0 unspecified atom stereocenters. The van der Waals surface area contributed by atoms with E-state index in [0.717, 1.165) is 56.1 Å². The van der Waals surface area contributed by atoms with Crippen molar-refractivity contribution in [2.45, 2.75) is 33.5 Å². The number of anilines is 1. The van der Waals surface area contributed by atoms with Gasteiger partial charge in [0.1, 0.15) is 5.82 Å². The maximum absolute atomic E-state index is 13.4. The first kappa shape index (κ1) is 21.5. The van der Waals surface area contributed by atoms with Crippen molar-refractivity contribution in [3.05, 3.63) is 65.5 Å². The Bertz CT molecular complexity index is 1040. The molecule has 3 aromatic rings. The Hall–Kier alpha value is -2.78. The normalized spacial score (nSPS) is 14.7. The molecule has 7 nitrogen and oxygen atoms in total. The number of rotatable bonds is 6. The van der Waals surface area contributed by atoms with E-state index in [1.54, 1.807) is 18.3 Å². The molecule has 0 atom stereocenters. The quantitative estimate of drug-likeness (QED) is 0.594. The highest BCUT2D eigenvalue weighted by Crippen LogP contribution is 2.14. The molecule has 1 aromatic carbocycles. The van der Waals surface area contributed by atoms with Crippen molar-refractivity contribution < 1.29 is 4.39 Å². The van der Waals surface area contributed by atoms with Gasteiger partial charge >= 0.3 is 0 Å². The number of hydrogen-bond donors (Lipinski definition) is 1. The van der Waals surface area contributed by atoms with Crippen LogP contribution in [0.4, 0.5) is 10.1 Å². The molecule has 4 rings (SSSR count). The maximum atomic E-state index is 13.4. The molecule has 3 heterocycles. The Kier molecular flexibility index (Phi) is 6.62. The highest BCUT2D eigenvalue weighted by molar-refractivity contribution is 7.80. The number of thiocarbonyl (C=S) groups is 1. The lowest BCUT2D eigenvalue weighted by molar-refractivity contribution is 0.177. The summed E-state index contributed by atoms with van der Waals surface area (Å²) < 4.78 is 17.3. The van der Waals surface area contributed by atoms with Crippen LogP contribution in [0.3, 0.4) is 0 Å². The average Bonchev–Trinajstić information content (AvgIpc) is 3.35. The van der Waals surface area contributed by atoms with Gasteiger partial charge in [-0.15, -0.1) is 0 Å². The smallest absolute Gasteiger partial charge is 0.173 e. The van der Waals surface area contributed by atoms with Crippen LogP contribution in [-0.4, -0.2) is 60.7 Å². The van der Waals surface area contributed by atoms with Gasteiger partial charge in [-0.05, 0) is 43.8 Å². The maximum Gasteiger partial charge on any atom is 0.173 e. The minimum Gasteiger partial charge on any atom is -0.346 e. The van der Waals surface area contributed by atoms with Crippen molar-refractivity contribution in [2.24, 2.45) is 0 Å². The third-order valence-electron chi connectivity index (χ3n) is 5.68. The van der Waals surface area contributed by atoms with Crippen molar-refractivity contribution in [1.82, 2.24) is 29.4 Å². The number of aromatic nitrogens is 4. The van der Waals surface area contributed by atoms with Gasteiger partial charge in [0.25, 0.3) is 0 Å². The van der Waals surface area contributed by atoms with Crippen molar-refractivity contribution in [2.75, 3.05) is 31.5 Å². The second-order valence-electron chi connectivity index (χ2n) is 7.82. The van der Waals surface area contributed by atoms with Crippen LogP contribution < -0.4 is 5.32 Å². The minimum atomic E-state index is -0.184. The summed E-state index contributed by atoms with van der Waals surface area (Å²) in [6.45, 7) is 9.92. The molecule has 1 N–H and O–H groups in total. The van der Waals surface area contributed by atoms with E-state index in [1.165, 1.54) is 11.8 Å². The molecule has 2 aromatic heterocycles. The van der Waals surface area contributed by atoms with Crippen LogP contribution in [0.2, 0.25) is 0 Å². The summed E-state index contributed by atoms with van der Waals surface area (Å²) in [6.07, 6.45) is 5.67. The summed E-state index contributed by atoms with van der Waals surface area (Å²) in [7, 11) is 0. The van der Waals surface area contributed by atoms with Crippen molar-refractivity contribution in [1.29, 1.82) is 0 Å². The van der Waals surface area contributed by atoms with Gasteiger partial charge in [0.2, 0.25) is 0 Å². The predicted molar refractivity (Wildman–Crippen MR) is 123 cm³/mol. The van der Waals surface area contributed by atoms with Crippen LogP contribution in [0.15, 0.2) is 42.9 Å².